The maximum atomic E-state index is 11.4. The van der Waals surface area contributed by atoms with Crippen LogP contribution in [0.2, 0.25) is 0 Å². The maximum Gasteiger partial charge on any atom is 0.308 e. The summed E-state index contributed by atoms with van der Waals surface area (Å²) in [5, 5.41) is 23.5. The highest BCUT2D eigenvalue weighted by Gasteiger charge is 2.51. The van der Waals surface area contributed by atoms with Crippen LogP contribution in [0.25, 0.3) is 0 Å². The normalized spacial score (nSPS) is 31.2. The van der Waals surface area contributed by atoms with Gasteiger partial charge in [0, 0.05) is 12.1 Å². The summed E-state index contributed by atoms with van der Waals surface area (Å²) >= 11 is 0. The lowest BCUT2D eigenvalue weighted by molar-refractivity contribution is -0.384. The van der Waals surface area contributed by atoms with Gasteiger partial charge in [0.05, 0.1) is 10.8 Å². The van der Waals surface area contributed by atoms with E-state index in [1.807, 2.05) is 0 Å². The molecule has 4 atom stereocenters. The second kappa shape index (κ2) is 4.77. The minimum atomic E-state index is -0.798. The predicted molar refractivity (Wildman–Crippen MR) is 72.5 cm³/mol. The van der Waals surface area contributed by atoms with Gasteiger partial charge in [-0.15, -0.1) is 0 Å². The number of nitro benzene ring substituents is 1. The van der Waals surface area contributed by atoms with Crippen molar-refractivity contribution in [3.8, 4) is 0 Å². The summed E-state index contributed by atoms with van der Waals surface area (Å²) < 4.78 is 0. The van der Waals surface area contributed by atoms with E-state index < -0.39 is 16.8 Å². The van der Waals surface area contributed by atoms with Crippen molar-refractivity contribution in [2.45, 2.75) is 25.3 Å². The molecule has 0 aromatic heterocycles. The van der Waals surface area contributed by atoms with Crippen molar-refractivity contribution >= 4 is 17.3 Å². The van der Waals surface area contributed by atoms with E-state index in [0.29, 0.717) is 11.6 Å². The van der Waals surface area contributed by atoms with Crippen LogP contribution in [-0.4, -0.2) is 22.0 Å². The van der Waals surface area contributed by atoms with Gasteiger partial charge in [0.2, 0.25) is 0 Å². The van der Waals surface area contributed by atoms with E-state index in [2.05, 4.69) is 5.32 Å². The first-order valence-electron chi connectivity index (χ1n) is 6.80. The van der Waals surface area contributed by atoms with Crippen LogP contribution >= 0.6 is 0 Å². The molecule has 20 heavy (non-hydrogen) atoms. The largest absolute Gasteiger partial charge is 0.481 e. The number of nitro groups is 1. The third-order valence-corrected chi connectivity index (χ3v) is 4.62. The van der Waals surface area contributed by atoms with Gasteiger partial charge in [-0.2, -0.15) is 0 Å². The highest BCUT2D eigenvalue weighted by atomic mass is 16.6. The molecule has 2 aliphatic carbocycles. The van der Waals surface area contributed by atoms with Crippen LogP contribution in [0.5, 0.6) is 0 Å². The molecule has 0 amide bonds. The number of rotatable bonds is 4. The Morgan fingerprint density at radius 1 is 1.30 bits per heavy atom. The topological polar surface area (TPSA) is 92.5 Å². The smallest absolute Gasteiger partial charge is 0.308 e. The molecule has 2 bridgehead atoms. The minimum absolute atomic E-state index is 0.000544. The summed E-state index contributed by atoms with van der Waals surface area (Å²) in [4.78, 5) is 22.0. The number of hydrogen-bond acceptors (Lipinski definition) is 4. The fraction of sp³-hybridized carbons (Fsp3) is 0.500. The summed E-state index contributed by atoms with van der Waals surface area (Å²) in [7, 11) is 0. The fourth-order valence-electron chi connectivity index (χ4n) is 3.79. The van der Waals surface area contributed by atoms with Gasteiger partial charge in [0.25, 0.3) is 5.69 Å². The number of nitrogens with one attached hydrogen (secondary N) is 1. The molecular formula is C14H16N2O4. The Labute approximate surface area is 115 Å². The van der Waals surface area contributed by atoms with Crippen LogP contribution in [0.1, 0.15) is 19.3 Å². The molecule has 2 fully saturated rings. The van der Waals surface area contributed by atoms with E-state index in [1.165, 1.54) is 6.07 Å². The number of nitrogens with zero attached hydrogens (tertiary/aromatic N) is 1. The Bertz CT molecular complexity index is 560. The first-order chi connectivity index (χ1) is 9.58. The fourth-order valence-corrected chi connectivity index (χ4v) is 3.79. The number of fused-ring (bicyclic) bond motifs is 2. The number of carbonyl (C=O) groups is 1. The van der Waals surface area contributed by atoms with Gasteiger partial charge in [-0.1, -0.05) is 12.1 Å². The third-order valence-electron chi connectivity index (χ3n) is 4.62. The predicted octanol–water partition coefficient (Wildman–Crippen LogP) is 2.51. The SMILES string of the molecule is O=C(O)C1C2CCC(C2)C1Nc1ccccc1[N+](=O)[O-]. The first kappa shape index (κ1) is 12.9. The Morgan fingerprint density at radius 3 is 2.70 bits per heavy atom. The lowest BCUT2D eigenvalue weighted by atomic mass is 9.84. The van der Waals surface area contributed by atoms with Crippen molar-refractivity contribution in [1.82, 2.24) is 0 Å². The highest BCUT2D eigenvalue weighted by molar-refractivity contribution is 5.74. The molecule has 1 aromatic rings. The van der Waals surface area contributed by atoms with Gasteiger partial charge in [-0.05, 0) is 37.2 Å². The summed E-state index contributed by atoms with van der Waals surface area (Å²) in [5.74, 6) is -0.722. The van der Waals surface area contributed by atoms with E-state index in [-0.39, 0.29) is 17.6 Å². The molecule has 3 rings (SSSR count). The maximum absolute atomic E-state index is 11.4. The lowest BCUT2D eigenvalue weighted by Gasteiger charge is -2.29. The molecule has 2 N–H and O–H groups in total. The number of benzene rings is 1. The second-order valence-corrected chi connectivity index (χ2v) is 5.64. The zero-order valence-corrected chi connectivity index (χ0v) is 10.9. The minimum Gasteiger partial charge on any atom is -0.481 e. The van der Waals surface area contributed by atoms with E-state index in [4.69, 9.17) is 0 Å². The average molecular weight is 276 g/mol. The van der Waals surface area contributed by atoms with Gasteiger partial charge in [0.15, 0.2) is 0 Å². The quantitative estimate of drug-likeness (QED) is 0.651. The van der Waals surface area contributed by atoms with Crippen LogP contribution in [0.15, 0.2) is 24.3 Å². The Morgan fingerprint density at radius 2 is 2.00 bits per heavy atom. The molecule has 1 aromatic carbocycles. The zero-order valence-electron chi connectivity index (χ0n) is 10.9. The Balaban J connectivity index is 1.87. The van der Waals surface area contributed by atoms with Crippen LogP contribution in [0, 0.1) is 27.9 Å². The highest BCUT2D eigenvalue weighted by Crippen LogP contribution is 2.50. The van der Waals surface area contributed by atoms with Crippen LogP contribution in [-0.2, 0) is 4.79 Å². The van der Waals surface area contributed by atoms with E-state index in [1.54, 1.807) is 18.2 Å². The van der Waals surface area contributed by atoms with Crippen molar-refractivity contribution in [2.24, 2.45) is 17.8 Å². The van der Waals surface area contributed by atoms with Crippen molar-refractivity contribution in [1.29, 1.82) is 0 Å². The molecule has 106 valence electrons. The van der Waals surface area contributed by atoms with Crippen molar-refractivity contribution in [3.05, 3.63) is 34.4 Å². The van der Waals surface area contributed by atoms with E-state index in [9.17, 15) is 20.0 Å². The van der Waals surface area contributed by atoms with Gasteiger partial charge < -0.3 is 10.4 Å². The molecule has 0 aliphatic heterocycles. The van der Waals surface area contributed by atoms with Crippen molar-refractivity contribution < 1.29 is 14.8 Å². The molecular weight excluding hydrogens is 260 g/mol. The number of anilines is 1. The second-order valence-electron chi connectivity index (χ2n) is 5.64. The summed E-state index contributed by atoms with van der Waals surface area (Å²) in [5.41, 5.74) is 0.417. The molecule has 6 nitrogen and oxygen atoms in total. The molecule has 0 spiro atoms. The molecule has 6 heteroatoms. The number of para-hydroxylation sites is 2. The summed E-state index contributed by atoms with van der Waals surface area (Å²) in [6.07, 6.45) is 2.87. The standard InChI is InChI=1S/C14H16N2O4/c17-14(18)12-8-5-6-9(7-8)13(12)15-10-3-1-2-4-11(10)16(19)20/h1-4,8-9,12-13,15H,5-7H2,(H,17,18). The zero-order chi connectivity index (χ0) is 14.3. The number of aliphatic carboxylic acids is 1. The lowest BCUT2D eigenvalue weighted by Crippen LogP contribution is -2.39. The Hall–Kier alpha value is -2.11. The van der Waals surface area contributed by atoms with Gasteiger partial charge in [-0.3, -0.25) is 14.9 Å². The molecule has 2 aliphatic rings. The number of hydrogen-bond donors (Lipinski definition) is 2. The molecule has 4 unspecified atom stereocenters. The number of carboxylic acid groups (broad SMARTS) is 1. The average Bonchev–Trinajstić information content (AvgIpc) is 2.99. The monoisotopic (exact) mass is 276 g/mol. The summed E-state index contributed by atoms with van der Waals surface area (Å²) in [6, 6.07) is 6.21. The van der Waals surface area contributed by atoms with Crippen LogP contribution in [0.4, 0.5) is 11.4 Å². The van der Waals surface area contributed by atoms with Crippen LogP contribution in [0.3, 0.4) is 0 Å². The van der Waals surface area contributed by atoms with E-state index in [0.717, 1.165) is 19.3 Å². The molecule has 0 heterocycles. The molecule has 0 radical (unpaired) electrons. The van der Waals surface area contributed by atoms with Crippen molar-refractivity contribution in [3.63, 3.8) is 0 Å². The first-order valence-corrected chi connectivity index (χ1v) is 6.80. The van der Waals surface area contributed by atoms with E-state index >= 15 is 0 Å². The molecule has 2 saturated carbocycles. The van der Waals surface area contributed by atoms with Gasteiger partial charge in [-0.25, -0.2) is 0 Å². The van der Waals surface area contributed by atoms with Crippen molar-refractivity contribution in [2.75, 3.05) is 5.32 Å². The van der Waals surface area contributed by atoms with Gasteiger partial charge >= 0.3 is 5.97 Å². The molecule has 0 saturated heterocycles. The van der Waals surface area contributed by atoms with Gasteiger partial charge in [0.1, 0.15) is 5.69 Å². The Kier molecular flexibility index (Phi) is 3.08. The third kappa shape index (κ3) is 2.01. The number of carboxylic acids is 1. The summed E-state index contributed by atoms with van der Waals surface area (Å²) in [6.45, 7) is 0. The van der Waals surface area contributed by atoms with Crippen LogP contribution < -0.4 is 5.32 Å².